The van der Waals surface area contributed by atoms with Crippen molar-refractivity contribution in [2.45, 2.75) is 32.6 Å². The van der Waals surface area contributed by atoms with Gasteiger partial charge in [0.25, 0.3) is 5.91 Å². The van der Waals surface area contributed by atoms with Crippen molar-refractivity contribution in [1.29, 1.82) is 0 Å². The lowest BCUT2D eigenvalue weighted by molar-refractivity contribution is 0.0740. The van der Waals surface area contributed by atoms with Gasteiger partial charge in [0.1, 0.15) is 4.88 Å². The number of nitrogen functional groups attached to an aromatic ring is 1. The van der Waals surface area contributed by atoms with Crippen molar-refractivity contribution < 1.29 is 4.79 Å². The van der Waals surface area contributed by atoms with Gasteiger partial charge in [0.2, 0.25) is 0 Å². The summed E-state index contributed by atoms with van der Waals surface area (Å²) < 4.78 is 0. The Morgan fingerprint density at radius 3 is 2.67 bits per heavy atom. The summed E-state index contributed by atoms with van der Waals surface area (Å²) in [5, 5.41) is 0.503. The summed E-state index contributed by atoms with van der Waals surface area (Å²) in [5.74, 6) is 0.136. The Morgan fingerprint density at radius 2 is 2.00 bits per heavy atom. The van der Waals surface area contributed by atoms with Crippen LogP contribution in [-0.2, 0) is 6.42 Å². The highest BCUT2D eigenvalue weighted by molar-refractivity contribution is 7.17. The fraction of sp³-hybridized carbons (Fsp3) is 0.733. The number of anilines is 1. The Balaban J connectivity index is 1.72. The third-order valence-corrected chi connectivity index (χ3v) is 5.93. The molecule has 1 aromatic heterocycles. The first-order chi connectivity index (χ1) is 10.0. The Hall–Kier alpha value is -1.14. The molecule has 1 amide bonds. The zero-order chi connectivity index (χ0) is 15.0. The molecule has 0 saturated carbocycles. The first kappa shape index (κ1) is 14.8. The van der Waals surface area contributed by atoms with E-state index in [2.05, 4.69) is 16.9 Å². The number of likely N-dealkylation sites (tertiary alicyclic amines) is 2. The van der Waals surface area contributed by atoms with E-state index in [1.54, 1.807) is 0 Å². The molecule has 2 fully saturated rings. The Kier molecular flexibility index (Phi) is 3.92. The maximum Gasteiger partial charge on any atom is 0.265 e. The molecule has 2 aliphatic rings. The van der Waals surface area contributed by atoms with Gasteiger partial charge in [0, 0.05) is 13.1 Å². The van der Waals surface area contributed by atoms with Crippen LogP contribution in [0.3, 0.4) is 0 Å². The molecule has 0 aliphatic carbocycles. The Morgan fingerprint density at radius 1 is 1.33 bits per heavy atom. The summed E-state index contributed by atoms with van der Waals surface area (Å²) in [4.78, 5) is 22.2. The van der Waals surface area contributed by atoms with Gasteiger partial charge in [-0.3, -0.25) is 4.79 Å². The summed E-state index contributed by atoms with van der Waals surface area (Å²) in [6, 6.07) is 0. The number of thiazole rings is 1. The highest BCUT2D eigenvalue weighted by Gasteiger charge is 2.42. The van der Waals surface area contributed by atoms with E-state index in [9.17, 15) is 4.79 Å². The van der Waals surface area contributed by atoms with Gasteiger partial charge in [0.15, 0.2) is 5.13 Å². The SMILES string of the molecule is CCc1nc(N)sc1C(=O)N1CCC2(CCN(C)CC2)C1. The molecule has 3 heterocycles. The van der Waals surface area contributed by atoms with Crippen molar-refractivity contribution in [2.24, 2.45) is 5.41 Å². The molecule has 0 bridgehead atoms. The van der Waals surface area contributed by atoms with Crippen molar-refractivity contribution >= 4 is 22.4 Å². The lowest BCUT2D eigenvalue weighted by atomic mass is 9.78. The van der Waals surface area contributed by atoms with Crippen LogP contribution in [0.5, 0.6) is 0 Å². The molecule has 116 valence electrons. The minimum Gasteiger partial charge on any atom is -0.375 e. The van der Waals surface area contributed by atoms with Crippen LogP contribution in [0.4, 0.5) is 5.13 Å². The molecule has 1 aromatic rings. The van der Waals surface area contributed by atoms with Crippen LogP contribution in [0.15, 0.2) is 0 Å². The normalized spacial score (nSPS) is 22.1. The Bertz CT molecular complexity index is 534. The number of nitrogens with two attached hydrogens (primary N) is 1. The smallest absolute Gasteiger partial charge is 0.265 e. The predicted octanol–water partition coefficient (Wildman–Crippen LogP) is 1.85. The van der Waals surface area contributed by atoms with E-state index in [1.807, 2.05) is 11.8 Å². The summed E-state index contributed by atoms with van der Waals surface area (Å²) in [5.41, 5.74) is 6.98. The number of rotatable bonds is 2. The predicted molar refractivity (Wildman–Crippen MR) is 85.6 cm³/mol. The van der Waals surface area contributed by atoms with Crippen LogP contribution < -0.4 is 5.73 Å². The molecular formula is C15H24N4OS. The molecule has 6 heteroatoms. The molecule has 5 nitrogen and oxygen atoms in total. The minimum atomic E-state index is 0.136. The number of hydrogen-bond acceptors (Lipinski definition) is 5. The lowest BCUT2D eigenvalue weighted by Crippen LogP contribution is -2.40. The number of aryl methyl sites for hydroxylation is 1. The highest BCUT2D eigenvalue weighted by atomic mass is 32.1. The van der Waals surface area contributed by atoms with Gasteiger partial charge in [-0.15, -0.1) is 0 Å². The van der Waals surface area contributed by atoms with Crippen LogP contribution in [-0.4, -0.2) is 53.9 Å². The zero-order valence-electron chi connectivity index (χ0n) is 12.9. The fourth-order valence-corrected chi connectivity index (χ4v) is 4.42. The Labute approximate surface area is 130 Å². The zero-order valence-corrected chi connectivity index (χ0v) is 13.7. The van der Waals surface area contributed by atoms with Crippen molar-refractivity contribution in [1.82, 2.24) is 14.8 Å². The number of carbonyl (C=O) groups excluding carboxylic acids is 1. The van der Waals surface area contributed by atoms with Crippen LogP contribution >= 0.6 is 11.3 Å². The number of nitrogens with zero attached hydrogens (tertiary/aromatic N) is 3. The van der Waals surface area contributed by atoms with Crippen molar-refractivity contribution in [3.05, 3.63) is 10.6 Å². The average Bonchev–Trinajstić information content (AvgIpc) is 3.06. The summed E-state index contributed by atoms with van der Waals surface area (Å²) >= 11 is 1.34. The summed E-state index contributed by atoms with van der Waals surface area (Å²) in [6.45, 7) is 6.10. The van der Waals surface area contributed by atoms with Gasteiger partial charge < -0.3 is 15.5 Å². The van der Waals surface area contributed by atoms with Crippen molar-refractivity contribution in [3.8, 4) is 0 Å². The molecule has 2 saturated heterocycles. The van der Waals surface area contributed by atoms with Gasteiger partial charge in [-0.25, -0.2) is 4.98 Å². The molecule has 0 aromatic carbocycles. The first-order valence-electron chi connectivity index (χ1n) is 7.76. The molecule has 1 spiro atoms. The highest BCUT2D eigenvalue weighted by Crippen LogP contribution is 2.41. The topological polar surface area (TPSA) is 62.5 Å². The van der Waals surface area contributed by atoms with Crippen LogP contribution in [0.2, 0.25) is 0 Å². The standard InChI is InChI=1S/C15H24N4OS/c1-3-11-12(21-14(16)17-11)13(20)19-9-6-15(10-19)4-7-18(2)8-5-15/h3-10H2,1-2H3,(H2,16,17). The second-order valence-electron chi connectivity index (χ2n) is 6.46. The second kappa shape index (κ2) is 5.57. The molecule has 0 radical (unpaired) electrons. The number of carbonyl (C=O) groups is 1. The number of piperidine rings is 1. The van der Waals surface area contributed by atoms with E-state index < -0.39 is 0 Å². The van der Waals surface area contributed by atoms with E-state index in [0.717, 1.165) is 49.6 Å². The monoisotopic (exact) mass is 308 g/mol. The van der Waals surface area contributed by atoms with Gasteiger partial charge in [-0.1, -0.05) is 18.3 Å². The average molecular weight is 308 g/mol. The number of hydrogen-bond donors (Lipinski definition) is 1. The van der Waals surface area contributed by atoms with Gasteiger partial charge in [-0.05, 0) is 51.2 Å². The molecule has 0 unspecified atom stereocenters. The maximum atomic E-state index is 12.8. The van der Waals surface area contributed by atoms with E-state index >= 15 is 0 Å². The van der Waals surface area contributed by atoms with E-state index in [1.165, 1.54) is 24.2 Å². The summed E-state index contributed by atoms with van der Waals surface area (Å²) in [6.07, 6.45) is 4.32. The number of amides is 1. The van der Waals surface area contributed by atoms with Crippen molar-refractivity contribution in [3.63, 3.8) is 0 Å². The van der Waals surface area contributed by atoms with Gasteiger partial charge >= 0.3 is 0 Å². The minimum absolute atomic E-state index is 0.136. The first-order valence-corrected chi connectivity index (χ1v) is 8.58. The molecule has 3 rings (SSSR count). The van der Waals surface area contributed by atoms with Crippen LogP contribution in [0.1, 0.15) is 41.6 Å². The van der Waals surface area contributed by atoms with Gasteiger partial charge in [0.05, 0.1) is 5.69 Å². The third-order valence-electron chi connectivity index (χ3n) is 5.02. The number of aromatic nitrogens is 1. The fourth-order valence-electron chi connectivity index (χ4n) is 3.53. The van der Waals surface area contributed by atoms with E-state index in [0.29, 0.717) is 10.5 Å². The van der Waals surface area contributed by atoms with Gasteiger partial charge in [-0.2, -0.15) is 0 Å². The largest absolute Gasteiger partial charge is 0.375 e. The molecule has 2 aliphatic heterocycles. The van der Waals surface area contributed by atoms with Crippen LogP contribution in [0.25, 0.3) is 0 Å². The van der Waals surface area contributed by atoms with Crippen molar-refractivity contribution in [2.75, 3.05) is 39.0 Å². The quantitative estimate of drug-likeness (QED) is 0.905. The molecule has 21 heavy (non-hydrogen) atoms. The second-order valence-corrected chi connectivity index (χ2v) is 7.49. The third kappa shape index (κ3) is 2.79. The molecule has 0 atom stereocenters. The maximum absolute atomic E-state index is 12.8. The molecular weight excluding hydrogens is 284 g/mol. The van der Waals surface area contributed by atoms with E-state index in [-0.39, 0.29) is 5.91 Å². The van der Waals surface area contributed by atoms with E-state index in [4.69, 9.17) is 5.73 Å². The lowest BCUT2D eigenvalue weighted by Gasteiger charge is -2.37. The van der Waals surface area contributed by atoms with Crippen LogP contribution in [0, 0.1) is 5.41 Å². The summed E-state index contributed by atoms with van der Waals surface area (Å²) in [7, 11) is 2.18. The molecule has 2 N–H and O–H groups in total.